The standard InChI is InChI=1S/C16H13F2NO2/c17-12-5-6-13(14(18)9-12)16(20)19-7-8-21-15-4-2-1-3-11(15)10-19/h1-6,9H,7-8,10H2. The molecular formula is C16H13F2NO2. The van der Waals surface area contributed by atoms with E-state index in [9.17, 15) is 13.6 Å². The number of hydrogen-bond acceptors (Lipinski definition) is 2. The molecule has 2 aromatic rings. The molecule has 0 bridgehead atoms. The van der Waals surface area contributed by atoms with Crippen molar-refractivity contribution in [3.8, 4) is 5.75 Å². The molecule has 0 fully saturated rings. The molecule has 0 aliphatic carbocycles. The average Bonchev–Trinajstić information content (AvgIpc) is 2.68. The summed E-state index contributed by atoms with van der Waals surface area (Å²) < 4.78 is 32.2. The Morgan fingerprint density at radius 1 is 1.14 bits per heavy atom. The maximum Gasteiger partial charge on any atom is 0.257 e. The van der Waals surface area contributed by atoms with Crippen molar-refractivity contribution in [2.24, 2.45) is 0 Å². The van der Waals surface area contributed by atoms with Crippen LogP contribution in [-0.2, 0) is 6.54 Å². The Bertz CT molecular complexity index is 688. The minimum absolute atomic E-state index is 0.129. The molecule has 0 saturated carbocycles. The van der Waals surface area contributed by atoms with Crippen molar-refractivity contribution in [1.82, 2.24) is 4.90 Å². The van der Waals surface area contributed by atoms with Gasteiger partial charge < -0.3 is 9.64 Å². The van der Waals surface area contributed by atoms with Gasteiger partial charge in [0.1, 0.15) is 24.0 Å². The van der Waals surface area contributed by atoms with Crippen LogP contribution in [0.2, 0.25) is 0 Å². The first kappa shape index (κ1) is 13.5. The van der Waals surface area contributed by atoms with Crippen molar-refractivity contribution in [1.29, 1.82) is 0 Å². The summed E-state index contributed by atoms with van der Waals surface area (Å²) in [6.45, 7) is 1.03. The zero-order chi connectivity index (χ0) is 14.8. The van der Waals surface area contributed by atoms with E-state index in [0.717, 1.165) is 23.4 Å². The highest BCUT2D eigenvalue weighted by Gasteiger charge is 2.23. The van der Waals surface area contributed by atoms with E-state index in [1.54, 1.807) is 0 Å². The highest BCUT2D eigenvalue weighted by Crippen LogP contribution is 2.24. The second-order valence-corrected chi connectivity index (χ2v) is 4.81. The number of nitrogens with zero attached hydrogens (tertiary/aromatic N) is 1. The average molecular weight is 289 g/mol. The molecule has 0 radical (unpaired) electrons. The maximum atomic E-state index is 13.7. The normalized spacial score (nSPS) is 14.1. The smallest absolute Gasteiger partial charge is 0.257 e. The molecule has 2 aromatic carbocycles. The molecule has 21 heavy (non-hydrogen) atoms. The highest BCUT2D eigenvalue weighted by atomic mass is 19.1. The molecule has 0 spiro atoms. The van der Waals surface area contributed by atoms with Gasteiger partial charge in [-0.3, -0.25) is 4.79 Å². The summed E-state index contributed by atoms with van der Waals surface area (Å²) in [6.07, 6.45) is 0. The van der Waals surface area contributed by atoms with E-state index in [4.69, 9.17) is 4.74 Å². The monoisotopic (exact) mass is 289 g/mol. The zero-order valence-electron chi connectivity index (χ0n) is 11.2. The third-order valence-corrected chi connectivity index (χ3v) is 3.40. The first-order valence-corrected chi connectivity index (χ1v) is 6.60. The quantitative estimate of drug-likeness (QED) is 0.807. The lowest BCUT2D eigenvalue weighted by atomic mass is 10.1. The van der Waals surface area contributed by atoms with Gasteiger partial charge in [0.25, 0.3) is 5.91 Å². The Balaban J connectivity index is 1.88. The molecule has 3 nitrogen and oxygen atoms in total. The fourth-order valence-corrected chi connectivity index (χ4v) is 2.33. The van der Waals surface area contributed by atoms with Crippen LogP contribution in [0.25, 0.3) is 0 Å². The third-order valence-electron chi connectivity index (χ3n) is 3.40. The number of carbonyl (C=O) groups is 1. The molecule has 0 aromatic heterocycles. The van der Waals surface area contributed by atoms with Crippen molar-refractivity contribution in [2.45, 2.75) is 6.54 Å². The molecule has 1 aliphatic heterocycles. The highest BCUT2D eigenvalue weighted by molar-refractivity contribution is 5.94. The van der Waals surface area contributed by atoms with Crippen LogP contribution in [0.5, 0.6) is 5.75 Å². The fraction of sp³-hybridized carbons (Fsp3) is 0.188. The van der Waals surface area contributed by atoms with Gasteiger partial charge >= 0.3 is 0 Å². The summed E-state index contributed by atoms with van der Waals surface area (Å²) in [4.78, 5) is 13.9. The number of hydrogen-bond donors (Lipinski definition) is 0. The number of fused-ring (bicyclic) bond motifs is 1. The Morgan fingerprint density at radius 3 is 2.76 bits per heavy atom. The van der Waals surface area contributed by atoms with E-state index >= 15 is 0 Å². The van der Waals surface area contributed by atoms with Crippen molar-refractivity contribution in [3.63, 3.8) is 0 Å². The zero-order valence-corrected chi connectivity index (χ0v) is 11.2. The van der Waals surface area contributed by atoms with Crippen molar-refractivity contribution in [2.75, 3.05) is 13.2 Å². The van der Waals surface area contributed by atoms with Crippen LogP contribution in [0.4, 0.5) is 8.78 Å². The molecule has 1 heterocycles. The summed E-state index contributed by atoms with van der Waals surface area (Å²) in [5.41, 5.74) is 0.738. The Labute approximate surface area is 120 Å². The minimum Gasteiger partial charge on any atom is -0.491 e. The third kappa shape index (κ3) is 2.72. The lowest BCUT2D eigenvalue weighted by Crippen LogP contribution is -2.33. The van der Waals surface area contributed by atoms with Crippen LogP contribution >= 0.6 is 0 Å². The first-order valence-electron chi connectivity index (χ1n) is 6.60. The summed E-state index contributed by atoms with van der Waals surface area (Å²) in [7, 11) is 0. The summed E-state index contributed by atoms with van der Waals surface area (Å²) >= 11 is 0. The van der Waals surface area contributed by atoms with Gasteiger partial charge in [0, 0.05) is 18.2 Å². The Hall–Kier alpha value is -2.43. The van der Waals surface area contributed by atoms with Crippen molar-refractivity contribution >= 4 is 5.91 Å². The summed E-state index contributed by atoms with van der Waals surface area (Å²) in [6, 6.07) is 10.4. The van der Waals surface area contributed by atoms with E-state index in [0.29, 0.717) is 19.7 Å². The van der Waals surface area contributed by atoms with Crippen LogP contribution in [0.1, 0.15) is 15.9 Å². The van der Waals surface area contributed by atoms with Crippen LogP contribution in [0, 0.1) is 11.6 Å². The summed E-state index contributed by atoms with van der Waals surface area (Å²) in [5, 5.41) is 0. The van der Waals surface area contributed by atoms with Gasteiger partial charge in [-0.15, -0.1) is 0 Å². The van der Waals surface area contributed by atoms with Gasteiger partial charge in [0.15, 0.2) is 0 Å². The number of amides is 1. The molecular weight excluding hydrogens is 276 g/mol. The molecule has 5 heteroatoms. The van der Waals surface area contributed by atoms with Crippen LogP contribution < -0.4 is 4.74 Å². The number of carbonyl (C=O) groups excluding carboxylic acids is 1. The van der Waals surface area contributed by atoms with Crippen LogP contribution in [0.15, 0.2) is 42.5 Å². The minimum atomic E-state index is -0.849. The Kier molecular flexibility index (Phi) is 3.56. The molecule has 108 valence electrons. The van der Waals surface area contributed by atoms with Crippen molar-refractivity contribution < 1.29 is 18.3 Å². The van der Waals surface area contributed by atoms with E-state index in [2.05, 4.69) is 0 Å². The van der Waals surface area contributed by atoms with Gasteiger partial charge in [0.05, 0.1) is 12.1 Å². The number of para-hydroxylation sites is 1. The van der Waals surface area contributed by atoms with E-state index < -0.39 is 17.5 Å². The number of ether oxygens (including phenoxy) is 1. The molecule has 3 rings (SSSR count). The fourth-order valence-electron chi connectivity index (χ4n) is 2.33. The second-order valence-electron chi connectivity index (χ2n) is 4.81. The molecule has 0 saturated heterocycles. The van der Waals surface area contributed by atoms with E-state index in [1.165, 1.54) is 11.0 Å². The van der Waals surface area contributed by atoms with Gasteiger partial charge in [-0.25, -0.2) is 8.78 Å². The van der Waals surface area contributed by atoms with E-state index in [1.807, 2.05) is 24.3 Å². The molecule has 1 aliphatic rings. The maximum absolute atomic E-state index is 13.7. The number of benzene rings is 2. The van der Waals surface area contributed by atoms with Gasteiger partial charge in [0.2, 0.25) is 0 Å². The van der Waals surface area contributed by atoms with E-state index in [-0.39, 0.29) is 5.56 Å². The number of rotatable bonds is 1. The molecule has 0 atom stereocenters. The largest absolute Gasteiger partial charge is 0.491 e. The SMILES string of the molecule is O=C(c1ccc(F)cc1F)N1CCOc2ccccc2C1. The summed E-state index contributed by atoms with van der Waals surface area (Å²) in [5.74, 6) is -1.28. The van der Waals surface area contributed by atoms with Gasteiger partial charge in [-0.2, -0.15) is 0 Å². The van der Waals surface area contributed by atoms with Crippen LogP contribution in [0.3, 0.4) is 0 Å². The molecule has 1 amide bonds. The van der Waals surface area contributed by atoms with Gasteiger partial charge in [-0.1, -0.05) is 18.2 Å². The first-order chi connectivity index (χ1) is 10.1. The predicted octanol–water partition coefficient (Wildman–Crippen LogP) is 3.00. The van der Waals surface area contributed by atoms with Crippen LogP contribution in [-0.4, -0.2) is 24.0 Å². The Morgan fingerprint density at radius 2 is 1.95 bits per heavy atom. The number of halogens is 2. The molecule has 0 N–H and O–H groups in total. The lowest BCUT2D eigenvalue weighted by molar-refractivity contribution is 0.0728. The van der Waals surface area contributed by atoms with Crippen molar-refractivity contribution in [3.05, 3.63) is 65.2 Å². The molecule has 0 unspecified atom stereocenters. The topological polar surface area (TPSA) is 29.5 Å². The second kappa shape index (κ2) is 5.52. The predicted molar refractivity (Wildman–Crippen MR) is 73.0 cm³/mol. The van der Waals surface area contributed by atoms with Gasteiger partial charge in [-0.05, 0) is 18.2 Å². The lowest BCUT2D eigenvalue weighted by Gasteiger charge is -2.20.